The van der Waals surface area contributed by atoms with E-state index in [1.54, 1.807) is 47.6 Å². The molecule has 10 nitrogen and oxygen atoms in total. The first-order valence-corrected chi connectivity index (χ1v) is 9.42. The number of hydrogen-bond donors (Lipinski definition) is 1. The van der Waals surface area contributed by atoms with Crippen molar-refractivity contribution in [3.63, 3.8) is 0 Å². The Labute approximate surface area is 174 Å². The number of amides is 1. The maximum absolute atomic E-state index is 12.3. The van der Waals surface area contributed by atoms with Gasteiger partial charge in [0.05, 0.1) is 13.3 Å². The Kier molecular flexibility index (Phi) is 6.69. The summed E-state index contributed by atoms with van der Waals surface area (Å²) in [5.74, 6) is -0.620. The monoisotopic (exact) mass is 420 g/mol. The van der Waals surface area contributed by atoms with Crippen LogP contribution in [0.3, 0.4) is 0 Å². The predicted octanol–water partition coefficient (Wildman–Crippen LogP) is 2.82. The quantitative estimate of drug-likeness (QED) is 0.592. The number of nitrogens with zero attached hydrogens (tertiary/aromatic N) is 3. The molecule has 0 aliphatic carbocycles. The van der Waals surface area contributed by atoms with Gasteiger partial charge in [0.2, 0.25) is 0 Å². The maximum atomic E-state index is 12.3. The number of esters is 1. The van der Waals surface area contributed by atoms with Crippen molar-refractivity contribution in [2.24, 2.45) is 0 Å². The second kappa shape index (κ2) is 8.68. The lowest BCUT2D eigenvalue weighted by Crippen LogP contribution is -2.45. The van der Waals surface area contributed by atoms with Crippen molar-refractivity contribution < 1.29 is 28.6 Å². The number of carbonyl (C=O) groups excluding carboxylic acids is 3. The van der Waals surface area contributed by atoms with Gasteiger partial charge in [0.25, 0.3) is 0 Å². The summed E-state index contributed by atoms with van der Waals surface area (Å²) in [6.07, 6.45) is 1.72. The van der Waals surface area contributed by atoms with E-state index in [1.807, 2.05) is 0 Å². The van der Waals surface area contributed by atoms with Crippen LogP contribution in [0.2, 0.25) is 0 Å². The highest BCUT2D eigenvalue weighted by molar-refractivity contribution is 5.85. The summed E-state index contributed by atoms with van der Waals surface area (Å²) in [6, 6.07) is 0.758. The minimum atomic E-state index is -0.968. The molecule has 164 valence electrons. The van der Waals surface area contributed by atoms with Gasteiger partial charge in [0.15, 0.2) is 5.65 Å². The maximum Gasteiger partial charge on any atom is 0.437 e. The molecule has 0 spiro atoms. The van der Waals surface area contributed by atoms with E-state index >= 15 is 0 Å². The molecule has 0 saturated heterocycles. The molecule has 0 bridgehead atoms. The summed E-state index contributed by atoms with van der Waals surface area (Å²) >= 11 is 0. The van der Waals surface area contributed by atoms with Gasteiger partial charge in [0, 0.05) is 18.0 Å². The highest BCUT2D eigenvalue weighted by atomic mass is 16.6. The molecule has 2 heterocycles. The first-order valence-electron chi connectivity index (χ1n) is 9.42. The van der Waals surface area contributed by atoms with Crippen molar-refractivity contribution in [3.05, 3.63) is 24.0 Å². The van der Waals surface area contributed by atoms with E-state index in [0.29, 0.717) is 16.6 Å². The summed E-state index contributed by atoms with van der Waals surface area (Å²) in [4.78, 5) is 40.7. The molecule has 0 radical (unpaired) electrons. The van der Waals surface area contributed by atoms with Crippen LogP contribution < -0.4 is 5.32 Å². The molecule has 0 aromatic carbocycles. The molecule has 2 aromatic heterocycles. The molecule has 0 unspecified atom stereocenters. The lowest BCUT2D eigenvalue weighted by Gasteiger charge is -2.22. The van der Waals surface area contributed by atoms with Crippen molar-refractivity contribution in [2.75, 3.05) is 7.11 Å². The van der Waals surface area contributed by atoms with Crippen molar-refractivity contribution in [3.8, 4) is 0 Å². The fraction of sp³-hybridized carbons (Fsp3) is 0.550. The number of aromatic nitrogens is 3. The molecular weight excluding hydrogens is 392 g/mol. The predicted molar refractivity (Wildman–Crippen MR) is 108 cm³/mol. The molecule has 1 N–H and O–H groups in total. The fourth-order valence-electron chi connectivity index (χ4n) is 2.54. The summed E-state index contributed by atoms with van der Waals surface area (Å²) in [6.45, 7) is 10.4. The summed E-state index contributed by atoms with van der Waals surface area (Å²) in [5.41, 5.74) is -0.418. The Hall–Kier alpha value is -3.17. The van der Waals surface area contributed by atoms with Gasteiger partial charge in [-0.25, -0.2) is 19.4 Å². The third kappa shape index (κ3) is 6.43. The number of nitrogens with one attached hydrogen (secondary N) is 1. The van der Waals surface area contributed by atoms with E-state index in [1.165, 1.54) is 19.5 Å². The second-order valence-electron chi connectivity index (χ2n) is 8.72. The van der Waals surface area contributed by atoms with Gasteiger partial charge >= 0.3 is 18.2 Å². The van der Waals surface area contributed by atoms with Crippen LogP contribution in [0.1, 0.15) is 47.1 Å². The summed E-state index contributed by atoms with van der Waals surface area (Å²) < 4.78 is 16.4. The smallest absolute Gasteiger partial charge is 0.437 e. The van der Waals surface area contributed by atoms with E-state index in [9.17, 15) is 14.4 Å². The third-order valence-electron chi connectivity index (χ3n) is 3.65. The third-order valence-corrected chi connectivity index (χ3v) is 3.65. The number of fused-ring (bicyclic) bond motifs is 1. The molecule has 30 heavy (non-hydrogen) atoms. The van der Waals surface area contributed by atoms with Crippen molar-refractivity contribution in [2.45, 2.75) is 65.2 Å². The molecule has 2 rings (SSSR count). The summed E-state index contributed by atoms with van der Waals surface area (Å²) in [5, 5.41) is 7.13. The molecular formula is C20H28N4O6. The van der Waals surface area contributed by atoms with Crippen LogP contribution in [-0.2, 0) is 25.4 Å². The number of rotatable bonds is 4. The van der Waals surface area contributed by atoms with Crippen LogP contribution in [0.25, 0.3) is 11.0 Å². The van der Waals surface area contributed by atoms with Gasteiger partial charge in [-0.2, -0.15) is 5.10 Å². The van der Waals surface area contributed by atoms with E-state index < -0.39 is 35.4 Å². The van der Waals surface area contributed by atoms with Crippen LogP contribution in [-0.4, -0.2) is 57.3 Å². The number of ether oxygens (including phenoxy) is 3. The molecule has 0 aliphatic rings. The number of methoxy groups -OCH3 is 1. The molecule has 0 saturated carbocycles. The SMILES string of the molecule is COC(=O)[C@H](Cc1cnc2c(cnn2C(=O)OC(C)(C)C)c1)NC(=O)OC(C)(C)C. The van der Waals surface area contributed by atoms with Crippen LogP contribution in [0, 0.1) is 0 Å². The Morgan fingerprint density at radius 3 is 2.27 bits per heavy atom. The second-order valence-corrected chi connectivity index (χ2v) is 8.72. The first kappa shape index (κ1) is 23.1. The van der Waals surface area contributed by atoms with Crippen LogP contribution >= 0.6 is 0 Å². The molecule has 1 atom stereocenters. The van der Waals surface area contributed by atoms with Gasteiger partial charge in [-0.1, -0.05) is 0 Å². The Morgan fingerprint density at radius 2 is 1.70 bits per heavy atom. The summed E-state index contributed by atoms with van der Waals surface area (Å²) in [7, 11) is 1.23. The zero-order chi connectivity index (χ0) is 22.7. The van der Waals surface area contributed by atoms with E-state index in [2.05, 4.69) is 15.4 Å². The van der Waals surface area contributed by atoms with Gasteiger partial charge in [-0.3, -0.25) is 0 Å². The zero-order valence-corrected chi connectivity index (χ0v) is 18.3. The lowest BCUT2D eigenvalue weighted by molar-refractivity contribution is -0.143. The van der Waals surface area contributed by atoms with Gasteiger partial charge in [-0.05, 0) is 53.2 Å². The average Bonchev–Trinajstić information content (AvgIpc) is 3.00. The molecule has 10 heteroatoms. The normalized spacial score (nSPS) is 12.9. The van der Waals surface area contributed by atoms with E-state index in [4.69, 9.17) is 14.2 Å². The van der Waals surface area contributed by atoms with E-state index in [-0.39, 0.29) is 6.42 Å². The molecule has 0 aliphatic heterocycles. The number of alkyl carbamates (subject to hydrolysis) is 1. The van der Waals surface area contributed by atoms with Crippen LogP contribution in [0.15, 0.2) is 18.5 Å². The Balaban J connectivity index is 2.21. The highest BCUT2D eigenvalue weighted by Gasteiger charge is 2.26. The topological polar surface area (TPSA) is 122 Å². The average molecular weight is 420 g/mol. The Morgan fingerprint density at radius 1 is 1.07 bits per heavy atom. The van der Waals surface area contributed by atoms with Crippen LogP contribution in [0.4, 0.5) is 9.59 Å². The van der Waals surface area contributed by atoms with Gasteiger partial charge in [-0.15, -0.1) is 4.68 Å². The largest absolute Gasteiger partial charge is 0.467 e. The number of carbonyl (C=O) groups is 3. The van der Waals surface area contributed by atoms with Crippen LogP contribution in [0.5, 0.6) is 0 Å². The Bertz CT molecular complexity index is 939. The molecule has 1 amide bonds. The van der Waals surface area contributed by atoms with Crippen molar-refractivity contribution in [1.82, 2.24) is 20.1 Å². The van der Waals surface area contributed by atoms with Gasteiger partial charge < -0.3 is 19.5 Å². The minimum Gasteiger partial charge on any atom is -0.467 e. The molecule has 2 aromatic rings. The zero-order valence-electron chi connectivity index (χ0n) is 18.3. The fourth-order valence-corrected chi connectivity index (χ4v) is 2.54. The number of hydrogen-bond acceptors (Lipinski definition) is 8. The van der Waals surface area contributed by atoms with Crippen molar-refractivity contribution >= 4 is 29.2 Å². The lowest BCUT2D eigenvalue weighted by atomic mass is 10.1. The van der Waals surface area contributed by atoms with Crippen molar-refractivity contribution in [1.29, 1.82) is 0 Å². The van der Waals surface area contributed by atoms with E-state index in [0.717, 1.165) is 4.68 Å². The van der Waals surface area contributed by atoms with Gasteiger partial charge in [0.1, 0.15) is 17.2 Å². The minimum absolute atomic E-state index is 0.118. The standard InChI is InChI=1S/C20H28N4O6/c1-19(2,3)29-17(26)23-14(16(25)28-7)9-12-8-13-11-22-24(15(13)21-10-12)18(27)30-20(4,5)6/h8,10-11,14H,9H2,1-7H3,(H,23,26)/t14-/m0/s1. The first-order chi connectivity index (χ1) is 13.8. The highest BCUT2D eigenvalue weighted by Crippen LogP contribution is 2.17. The molecule has 0 fully saturated rings. The number of pyridine rings is 1.